The minimum atomic E-state index is -0.378. The van der Waals surface area contributed by atoms with Gasteiger partial charge in [0.15, 0.2) is 0 Å². The lowest BCUT2D eigenvalue weighted by molar-refractivity contribution is -0.116. The smallest absolute Gasteiger partial charge is 0.227 e. The zero-order valence-corrected chi connectivity index (χ0v) is 9.89. The molecule has 4 heteroatoms. The van der Waals surface area contributed by atoms with E-state index < -0.39 is 0 Å². The van der Waals surface area contributed by atoms with Gasteiger partial charge in [0.2, 0.25) is 5.24 Å². The molecule has 0 bridgehead atoms. The minimum Gasteiger partial charge on any atom is -0.384 e. The molecule has 0 fully saturated rings. The zero-order valence-electron chi connectivity index (χ0n) is 8.37. The highest BCUT2D eigenvalue weighted by Crippen LogP contribution is 2.16. The van der Waals surface area contributed by atoms with Crippen LogP contribution in [0.2, 0.25) is 5.02 Å². The first-order valence-corrected chi connectivity index (χ1v) is 5.32. The highest BCUT2D eigenvalue weighted by molar-refractivity contribution is 6.64. The molecule has 1 atom stereocenters. The fraction of sp³-hybridized carbons (Fsp3) is 0.364. The summed E-state index contributed by atoms with van der Waals surface area (Å²) in [6.07, 6.45) is 0.552. The fourth-order valence-electron chi connectivity index (χ4n) is 1.35. The Kier molecular flexibility index (Phi) is 5.09. The maximum atomic E-state index is 11.1. The molecular formula is C11H12Cl2O2. The molecule has 0 spiro atoms. The maximum absolute atomic E-state index is 11.1. The van der Waals surface area contributed by atoms with Gasteiger partial charge in [-0.05, 0) is 35.7 Å². The van der Waals surface area contributed by atoms with Crippen LogP contribution in [-0.2, 0) is 16.0 Å². The Morgan fingerprint density at radius 1 is 1.53 bits per heavy atom. The van der Waals surface area contributed by atoms with E-state index in [-0.39, 0.29) is 11.2 Å². The molecule has 0 N–H and O–H groups in total. The summed E-state index contributed by atoms with van der Waals surface area (Å²) in [5, 5.41) is 0.280. The van der Waals surface area contributed by atoms with Crippen molar-refractivity contribution in [2.75, 3.05) is 13.7 Å². The third kappa shape index (κ3) is 4.20. The third-order valence-electron chi connectivity index (χ3n) is 2.06. The van der Waals surface area contributed by atoms with E-state index in [9.17, 15) is 4.79 Å². The highest BCUT2D eigenvalue weighted by Gasteiger charge is 2.16. The first kappa shape index (κ1) is 12.5. The summed E-state index contributed by atoms with van der Waals surface area (Å²) in [7, 11) is 1.55. The van der Waals surface area contributed by atoms with Gasteiger partial charge in [-0.25, -0.2) is 0 Å². The van der Waals surface area contributed by atoms with Crippen LogP contribution < -0.4 is 0 Å². The molecule has 0 aliphatic carbocycles. The standard InChI is InChI=1S/C11H12Cl2O2/c1-15-7-9(11(13)14)5-8-3-2-4-10(12)6-8/h2-4,6,9H,5,7H2,1H3. The molecule has 0 saturated heterocycles. The second-order valence-electron chi connectivity index (χ2n) is 3.29. The molecule has 0 aromatic heterocycles. The number of rotatable bonds is 5. The lowest BCUT2D eigenvalue weighted by Crippen LogP contribution is -2.17. The predicted molar refractivity (Wildman–Crippen MR) is 61.4 cm³/mol. The van der Waals surface area contributed by atoms with Crippen molar-refractivity contribution < 1.29 is 9.53 Å². The molecule has 82 valence electrons. The van der Waals surface area contributed by atoms with Gasteiger partial charge in [-0.15, -0.1) is 0 Å². The van der Waals surface area contributed by atoms with Gasteiger partial charge in [0.05, 0.1) is 12.5 Å². The SMILES string of the molecule is COCC(Cc1cccc(Cl)c1)C(=O)Cl. The molecule has 0 amide bonds. The Bertz CT molecular complexity index is 339. The Hall–Kier alpha value is -0.570. The summed E-state index contributed by atoms with van der Waals surface area (Å²) in [5.74, 6) is -0.310. The molecule has 0 heterocycles. The van der Waals surface area contributed by atoms with Crippen LogP contribution in [0.15, 0.2) is 24.3 Å². The summed E-state index contributed by atoms with van der Waals surface area (Å²) in [6.45, 7) is 0.328. The molecule has 1 unspecified atom stereocenters. The summed E-state index contributed by atoms with van der Waals surface area (Å²) < 4.78 is 4.93. The van der Waals surface area contributed by atoms with Crippen LogP contribution in [0.4, 0.5) is 0 Å². The van der Waals surface area contributed by atoms with Crippen molar-refractivity contribution in [3.63, 3.8) is 0 Å². The summed E-state index contributed by atoms with van der Waals surface area (Å²) in [4.78, 5) is 11.1. The summed E-state index contributed by atoms with van der Waals surface area (Å²) >= 11 is 11.3. The van der Waals surface area contributed by atoms with Gasteiger partial charge < -0.3 is 4.74 Å². The van der Waals surface area contributed by atoms with Crippen LogP contribution in [0.5, 0.6) is 0 Å². The molecule has 2 nitrogen and oxygen atoms in total. The number of methoxy groups -OCH3 is 1. The molecule has 0 aliphatic rings. The average molecular weight is 247 g/mol. The van der Waals surface area contributed by atoms with E-state index in [2.05, 4.69) is 0 Å². The first-order chi connectivity index (χ1) is 7.13. The second-order valence-corrected chi connectivity index (χ2v) is 4.10. The van der Waals surface area contributed by atoms with E-state index in [0.717, 1.165) is 5.56 Å². The predicted octanol–water partition coefficient (Wildman–Crippen LogP) is 2.91. The van der Waals surface area contributed by atoms with Crippen LogP contribution in [0, 0.1) is 5.92 Å². The number of hydrogen-bond acceptors (Lipinski definition) is 2. The van der Waals surface area contributed by atoms with Gasteiger partial charge in [0.1, 0.15) is 0 Å². The topological polar surface area (TPSA) is 26.3 Å². The summed E-state index contributed by atoms with van der Waals surface area (Å²) in [5.41, 5.74) is 0.985. The number of hydrogen-bond donors (Lipinski definition) is 0. The third-order valence-corrected chi connectivity index (χ3v) is 2.60. The monoisotopic (exact) mass is 246 g/mol. The van der Waals surface area contributed by atoms with E-state index in [1.165, 1.54) is 0 Å². The minimum absolute atomic E-state index is 0.310. The highest BCUT2D eigenvalue weighted by atomic mass is 35.5. The molecular weight excluding hydrogens is 235 g/mol. The van der Waals surface area contributed by atoms with Crippen molar-refractivity contribution in [2.24, 2.45) is 5.92 Å². The van der Waals surface area contributed by atoms with E-state index in [0.29, 0.717) is 18.1 Å². The number of carbonyl (C=O) groups excluding carboxylic acids is 1. The van der Waals surface area contributed by atoms with E-state index >= 15 is 0 Å². The van der Waals surface area contributed by atoms with Gasteiger partial charge in [-0.2, -0.15) is 0 Å². The molecule has 1 rings (SSSR count). The Morgan fingerprint density at radius 2 is 2.27 bits per heavy atom. The quantitative estimate of drug-likeness (QED) is 0.748. The lowest BCUT2D eigenvalue weighted by atomic mass is 10.0. The van der Waals surface area contributed by atoms with Crippen molar-refractivity contribution in [3.8, 4) is 0 Å². The zero-order chi connectivity index (χ0) is 11.3. The molecule has 1 aromatic rings. The van der Waals surface area contributed by atoms with Crippen LogP contribution in [0.1, 0.15) is 5.56 Å². The summed E-state index contributed by atoms with van der Waals surface area (Å²) in [6, 6.07) is 7.37. The van der Waals surface area contributed by atoms with Crippen LogP contribution in [-0.4, -0.2) is 19.0 Å². The Labute approximate surface area is 99.1 Å². The fourth-order valence-corrected chi connectivity index (χ4v) is 1.71. The van der Waals surface area contributed by atoms with Gasteiger partial charge in [-0.3, -0.25) is 4.79 Å². The first-order valence-electron chi connectivity index (χ1n) is 4.56. The van der Waals surface area contributed by atoms with Gasteiger partial charge >= 0.3 is 0 Å². The number of halogens is 2. The number of ether oxygens (including phenoxy) is 1. The number of benzene rings is 1. The maximum Gasteiger partial charge on any atom is 0.227 e. The van der Waals surface area contributed by atoms with Gasteiger partial charge in [-0.1, -0.05) is 23.7 Å². The average Bonchev–Trinajstić information content (AvgIpc) is 2.17. The lowest BCUT2D eigenvalue weighted by Gasteiger charge is -2.11. The molecule has 1 aromatic carbocycles. The van der Waals surface area contributed by atoms with Crippen molar-refractivity contribution in [1.82, 2.24) is 0 Å². The van der Waals surface area contributed by atoms with Crippen LogP contribution in [0.3, 0.4) is 0 Å². The van der Waals surface area contributed by atoms with Crippen LogP contribution in [0.25, 0.3) is 0 Å². The second kappa shape index (κ2) is 6.11. The number of carbonyl (C=O) groups is 1. The van der Waals surface area contributed by atoms with Gasteiger partial charge in [0, 0.05) is 12.1 Å². The normalized spacial score (nSPS) is 12.5. The Balaban J connectivity index is 2.69. The van der Waals surface area contributed by atoms with Crippen molar-refractivity contribution >= 4 is 28.4 Å². The molecule has 15 heavy (non-hydrogen) atoms. The molecule has 0 radical (unpaired) electrons. The molecule has 0 saturated carbocycles. The van der Waals surface area contributed by atoms with Crippen molar-refractivity contribution in [3.05, 3.63) is 34.9 Å². The molecule has 0 aliphatic heterocycles. The van der Waals surface area contributed by atoms with Gasteiger partial charge in [0.25, 0.3) is 0 Å². The van der Waals surface area contributed by atoms with E-state index in [1.54, 1.807) is 13.2 Å². The Morgan fingerprint density at radius 3 is 2.80 bits per heavy atom. The largest absolute Gasteiger partial charge is 0.384 e. The van der Waals surface area contributed by atoms with Crippen molar-refractivity contribution in [2.45, 2.75) is 6.42 Å². The van der Waals surface area contributed by atoms with E-state index in [1.807, 2.05) is 18.2 Å². The van der Waals surface area contributed by atoms with Crippen LogP contribution >= 0.6 is 23.2 Å². The van der Waals surface area contributed by atoms with E-state index in [4.69, 9.17) is 27.9 Å². The van der Waals surface area contributed by atoms with Crippen molar-refractivity contribution in [1.29, 1.82) is 0 Å².